The van der Waals surface area contributed by atoms with Crippen LogP contribution in [0.25, 0.3) is 22.6 Å². The van der Waals surface area contributed by atoms with Gasteiger partial charge in [0, 0.05) is 62.3 Å². The third-order valence-electron chi connectivity index (χ3n) is 10.2. The van der Waals surface area contributed by atoms with E-state index in [4.69, 9.17) is 0 Å². The lowest BCUT2D eigenvalue weighted by atomic mass is 9.87. The standard InChI is InChI=1S/C41H53N4O4S2/c1-8-42-27-25-34(38-29-36(21-23-40(38)42)50(46,47)44(10-3)11-4)19-17-32-15-14-16-33(31(32)7)18-20-35-26-28-43(9-2)41-24-22-37(30-39(35)41)51(48,49)45(12-5)13-6/h17-30H,8-16H2,1-7H3/q+1. The van der Waals surface area contributed by atoms with E-state index in [0.717, 1.165) is 65.6 Å². The lowest BCUT2D eigenvalue weighted by Crippen LogP contribution is -2.33. The fourth-order valence-electron chi connectivity index (χ4n) is 7.11. The van der Waals surface area contributed by atoms with Crippen LogP contribution in [0.15, 0.2) is 106 Å². The fraction of sp³-hybridized carbons (Fsp3) is 0.390. The molecule has 51 heavy (non-hydrogen) atoms. The van der Waals surface area contributed by atoms with E-state index < -0.39 is 20.0 Å². The molecule has 0 spiro atoms. The Bertz CT molecular complexity index is 2150. The van der Waals surface area contributed by atoms with Crippen molar-refractivity contribution >= 4 is 48.3 Å². The number of aryl methyl sites for hydroxylation is 1. The van der Waals surface area contributed by atoms with Crippen LogP contribution in [0, 0.1) is 0 Å². The molecule has 10 heteroatoms. The van der Waals surface area contributed by atoms with Gasteiger partial charge < -0.3 is 4.90 Å². The van der Waals surface area contributed by atoms with Gasteiger partial charge in [-0.3, -0.25) is 0 Å². The summed E-state index contributed by atoms with van der Waals surface area (Å²) < 4.78 is 58.8. The van der Waals surface area contributed by atoms with Crippen molar-refractivity contribution in [1.29, 1.82) is 0 Å². The van der Waals surface area contributed by atoms with Crippen molar-refractivity contribution < 1.29 is 21.4 Å². The van der Waals surface area contributed by atoms with E-state index >= 15 is 0 Å². The van der Waals surface area contributed by atoms with Crippen molar-refractivity contribution in [3.63, 3.8) is 0 Å². The van der Waals surface area contributed by atoms with Gasteiger partial charge in [0.05, 0.1) is 15.2 Å². The van der Waals surface area contributed by atoms with E-state index in [9.17, 15) is 16.8 Å². The van der Waals surface area contributed by atoms with E-state index in [2.05, 4.69) is 79.1 Å². The van der Waals surface area contributed by atoms with Gasteiger partial charge in [0.1, 0.15) is 6.54 Å². The molecule has 0 fully saturated rings. The van der Waals surface area contributed by atoms with E-state index in [1.807, 2.05) is 52.0 Å². The van der Waals surface area contributed by atoms with Gasteiger partial charge in [0.25, 0.3) is 0 Å². The average Bonchev–Trinajstić information content (AvgIpc) is 3.13. The van der Waals surface area contributed by atoms with Gasteiger partial charge in [-0.05, 0) is 104 Å². The molecule has 2 heterocycles. The summed E-state index contributed by atoms with van der Waals surface area (Å²) in [5, 5.41) is 0.907. The first-order chi connectivity index (χ1) is 24.4. The van der Waals surface area contributed by atoms with Crippen LogP contribution in [0.5, 0.6) is 0 Å². The molecule has 0 N–H and O–H groups in total. The van der Waals surface area contributed by atoms with E-state index in [0.29, 0.717) is 36.0 Å². The van der Waals surface area contributed by atoms with Crippen LogP contribution >= 0.6 is 0 Å². The lowest BCUT2D eigenvalue weighted by Gasteiger charge is -2.28. The Balaban J connectivity index is 1.52. The highest BCUT2D eigenvalue weighted by molar-refractivity contribution is 7.89. The fourth-order valence-corrected chi connectivity index (χ4v) is 10.1. The number of aromatic nitrogens is 1. The lowest BCUT2D eigenvalue weighted by molar-refractivity contribution is -0.667. The summed E-state index contributed by atoms with van der Waals surface area (Å²) in [5.41, 5.74) is 8.59. The van der Waals surface area contributed by atoms with Crippen LogP contribution in [0.1, 0.15) is 78.9 Å². The molecule has 0 atom stereocenters. The second-order valence-electron chi connectivity index (χ2n) is 12.8. The van der Waals surface area contributed by atoms with Gasteiger partial charge in [-0.15, -0.1) is 0 Å². The zero-order valence-corrected chi connectivity index (χ0v) is 32.8. The zero-order chi connectivity index (χ0) is 36.9. The van der Waals surface area contributed by atoms with Crippen molar-refractivity contribution in [3.05, 3.63) is 107 Å². The molecular weight excluding hydrogens is 677 g/mol. The average molecular weight is 730 g/mol. The Morgan fingerprint density at radius 2 is 1.43 bits per heavy atom. The number of benzene rings is 2. The molecule has 0 amide bonds. The molecule has 0 saturated heterocycles. The number of allylic oxidation sites excluding steroid dienone is 8. The monoisotopic (exact) mass is 729 g/mol. The largest absolute Gasteiger partial charge is 0.348 e. The molecule has 1 aliphatic carbocycles. The van der Waals surface area contributed by atoms with Gasteiger partial charge in [-0.25, -0.2) is 16.8 Å². The Kier molecular flexibility index (Phi) is 12.2. The highest BCUT2D eigenvalue weighted by Gasteiger charge is 2.26. The molecule has 0 unspecified atom stereocenters. The van der Waals surface area contributed by atoms with Crippen molar-refractivity contribution in [2.75, 3.05) is 37.6 Å². The highest BCUT2D eigenvalue weighted by Crippen LogP contribution is 2.37. The molecule has 1 aromatic heterocycles. The molecule has 5 rings (SSSR count). The first-order valence-corrected chi connectivity index (χ1v) is 21.2. The minimum absolute atomic E-state index is 0.312. The van der Waals surface area contributed by atoms with Crippen LogP contribution in [0.3, 0.4) is 0 Å². The summed E-state index contributed by atoms with van der Waals surface area (Å²) in [6, 6.07) is 13.0. The summed E-state index contributed by atoms with van der Waals surface area (Å²) in [6.07, 6.45) is 17.7. The number of anilines is 1. The first kappa shape index (κ1) is 38.4. The van der Waals surface area contributed by atoms with Crippen molar-refractivity contribution in [3.8, 4) is 0 Å². The molecule has 1 aliphatic heterocycles. The summed E-state index contributed by atoms with van der Waals surface area (Å²) in [5.74, 6) is 0. The maximum atomic E-state index is 13.4. The molecule has 8 nitrogen and oxygen atoms in total. The molecule has 0 radical (unpaired) electrons. The van der Waals surface area contributed by atoms with E-state index in [-0.39, 0.29) is 0 Å². The van der Waals surface area contributed by atoms with Crippen LogP contribution in [0.4, 0.5) is 5.69 Å². The number of hydrogen-bond donors (Lipinski definition) is 0. The molecule has 3 aromatic rings. The second kappa shape index (κ2) is 16.2. The molecule has 272 valence electrons. The molecule has 0 saturated carbocycles. The number of nitrogens with zero attached hydrogens (tertiary/aromatic N) is 4. The van der Waals surface area contributed by atoms with Gasteiger partial charge >= 0.3 is 0 Å². The summed E-state index contributed by atoms with van der Waals surface area (Å²) in [7, 11) is -7.19. The third-order valence-corrected chi connectivity index (χ3v) is 14.3. The van der Waals surface area contributed by atoms with E-state index in [1.54, 1.807) is 12.1 Å². The van der Waals surface area contributed by atoms with E-state index in [1.165, 1.54) is 25.3 Å². The zero-order valence-electron chi connectivity index (χ0n) is 31.2. The predicted octanol–water partition coefficient (Wildman–Crippen LogP) is 8.09. The van der Waals surface area contributed by atoms with Gasteiger partial charge in [-0.1, -0.05) is 52.0 Å². The summed E-state index contributed by atoms with van der Waals surface area (Å²) in [4.78, 5) is 2.76. The quantitative estimate of drug-likeness (QED) is 0.166. The number of pyridine rings is 1. The van der Waals surface area contributed by atoms with Crippen LogP contribution in [-0.4, -0.2) is 58.2 Å². The summed E-state index contributed by atoms with van der Waals surface area (Å²) in [6.45, 7) is 17.0. The minimum atomic E-state index is -3.60. The van der Waals surface area contributed by atoms with Gasteiger partial charge in [-0.2, -0.15) is 13.2 Å². The van der Waals surface area contributed by atoms with Crippen molar-refractivity contribution in [2.45, 2.75) is 84.1 Å². The summed E-state index contributed by atoms with van der Waals surface area (Å²) >= 11 is 0. The molecule has 0 bridgehead atoms. The highest BCUT2D eigenvalue weighted by atomic mass is 32.2. The molecule has 2 aromatic carbocycles. The Labute approximate surface area is 305 Å². The molecular formula is C41H53N4O4S2+. The van der Waals surface area contributed by atoms with Crippen LogP contribution in [0.2, 0.25) is 0 Å². The SMILES string of the molecule is CCN1C=C/C(=C\C=C2/CCCC(/C=C/c3cc[n+](CC)c4ccc(S(=O)(=O)N(CC)CC)cc34)=C2C)c2cc(S(=O)(=O)N(CC)CC)ccc21. The normalized spacial score (nSPS) is 17.2. The minimum Gasteiger partial charge on any atom is -0.348 e. The number of sulfonamides is 2. The predicted molar refractivity (Wildman–Crippen MR) is 210 cm³/mol. The number of hydrogen-bond acceptors (Lipinski definition) is 5. The first-order valence-electron chi connectivity index (χ1n) is 18.3. The van der Waals surface area contributed by atoms with Gasteiger partial charge in [0.15, 0.2) is 6.20 Å². The van der Waals surface area contributed by atoms with Crippen molar-refractivity contribution in [2.24, 2.45) is 0 Å². The third kappa shape index (κ3) is 7.70. The van der Waals surface area contributed by atoms with Crippen molar-refractivity contribution in [1.82, 2.24) is 8.61 Å². The Hall–Kier alpha value is -3.83. The second-order valence-corrected chi connectivity index (χ2v) is 16.7. The molecule has 2 aliphatic rings. The Morgan fingerprint density at radius 1 is 0.784 bits per heavy atom. The Morgan fingerprint density at radius 3 is 2.06 bits per heavy atom. The smallest absolute Gasteiger partial charge is 0.243 e. The number of fused-ring (bicyclic) bond motifs is 2. The maximum Gasteiger partial charge on any atom is 0.243 e. The van der Waals surface area contributed by atoms with Crippen LogP contribution < -0.4 is 9.47 Å². The van der Waals surface area contributed by atoms with Gasteiger partial charge in [0.2, 0.25) is 25.6 Å². The van der Waals surface area contributed by atoms with Crippen LogP contribution in [-0.2, 0) is 26.6 Å². The topological polar surface area (TPSA) is 81.9 Å². The maximum absolute atomic E-state index is 13.4. The number of rotatable bonds is 13.